The van der Waals surface area contributed by atoms with E-state index in [2.05, 4.69) is 11.9 Å². The van der Waals surface area contributed by atoms with Gasteiger partial charge in [0, 0.05) is 12.6 Å². The summed E-state index contributed by atoms with van der Waals surface area (Å²) < 4.78 is 0. The standard InChI is InChI=1S/C15H30N2/c1-17(15-9-4-2-3-5-10-15)12-14-8-6-7-13(14)11-16/h13-15H,2-12,16H2,1H3. The van der Waals surface area contributed by atoms with Gasteiger partial charge >= 0.3 is 0 Å². The summed E-state index contributed by atoms with van der Waals surface area (Å²) in [5.74, 6) is 1.69. The quantitative estimate of drug-likeness (QED) is 0.763. The van der Waals surface area contributed by atoms with Crippen molar-refractivity contribution >= 4 is 0 Å². The first-order valence-electron chi connectivity index (χ1n) is 7.71. The average molecular weight is 238 g/mol. The molecular weight excluding hydrogens is 208 g/mol. The van der Waals surface area contributed by atoms with Crippen LogP contribution >= 0.6 is 0 Å². The summed E-state index contributed by atoms with van der Waals surface area (Å²) in [5.41, 5.74) is 5.88. The summed E-state index contributed by atoms with van der Waals surface area (Å²) in [5, 5.41) is 0. The van der Waals surface area contributed by atoms with Crippen molar-refractivity contribution in [3.63, 3.8) is 0 Å². The van der Waals surface area contributed by atoms with Crippen molar-refractivity contribution in [2.24, 2.45) is 17.6 Å². The summed E-state index contributed by atoms with van der Waals surface area (Å²) >= 11 is 0. The molecule has 0 aromatic rings. The second kappa shape index (κ2) is 6.75. The van der Waals surface area contributed by atoms with Crippen LogP contribution in [0.3, 0.4) is 0 Å². The molecule has 2 aliphatic rings. The molecule has 2 saturated carbocycles. The van der Waals surface area contributed by atoms with Gasteiger partial charge in [-0.25, -0.2) is 0 Å². The SMILES string of the molecule is CN(CC1CCCC1CN)C1CCCCCC1. The van der Waals surface area contributed by atoms with Crippen molar-refractivity contribution in [2.45, 2.75) is 63.8 Å². The van der Waals surface area contributed by atoms with E-state index in [1.165, 1.54) is 64.3 Å². The lowest BCUT2D eigenvalue weighted by Gasteiger charge is -2.31. The molecule has 0 radical (unpaired) electrons. The molecule has 2 aliphatic carbocycles. The molecule has 2 heteroatoms. The van der Waals surface area contributed by atoms with Gasteiger partial charge in [-0.1, -0.05) is 32.1 Å². The molecule has 0 amide bonds. The highest BCUT2D eigenvalue weighted by atomic mass is 15.1. The van der Waals surface area contributed by atoms with Crippen LogP contribution in [0.4, 0.5) is 0 Å². The molecule has 2 N–H and O–H groups in total. The molecule has 2 nitrogen and oxygen atoms in total. The Morgan fingerprint density at radius 1 is 0.882 bits per heavy atom. The topological polar surface area (TPSA) is 29.3 Å². The molecule has 2 fully saturated rings. The Bertz CT molecular complexity index is 209. The van der Waals surface area contributed by atoms with Gasteiger partial charge in [-0.15, -0.1) is 0 Å². The molecule has 0 aromatic carbocycles. The minimum Gasteiger partial charge on any atom is -0.330 e. The summed E-state index contributed by atoms with van der Waals surface area (Å²) in [4.78, 5) is 2.66. The molecule has 0 spiro atoms. The zero-order valence-electron chi connectivity index (χ0n) is 11.5. The van der Waals surface area contributed by atoms with Crippen LogP contribution in [-0.4, -0.2) is 31.1 Å². The van der Waals surface area contributed by atoms with Crippen LogP contribution in [-0.2, 0) is 0 Å². The molecule has 2 atom stereocenters. The lowest BCUT2D eigenvalue weighted by Crippen LogP contribution is -2.37. The van der Waals surface area contributed by atoms with E-state index in [1.54, 1.807) is 0 Å². The Balaban J connectivity index is 1.80. The van der Waals surface area contributed by atoms with Crippen LogP contribution in [0.2, 0.25) is 0 Å². The molecule has 100 valence electrons. The third kappa shape index (κ3) is 3.69. The zero-order valence-corrected chi connectivity index (χ0v) is 11.5. The fraction of sp³-hybridized carbons (Fsp3) is 1.00. The molecule has 0 heterocycles. The number of hydrogen-bond acceptors (Lipinski definition) is 2. The normalized spacial score (nSPS) is 31.9. The molecule has 0 bridgehead atoms. The van der Waals surface area contributed by atoms with Crippen molar-refractivity contribution in [1.29, 1.82) is 0 Å². The fourth-order valence-corrected chi connectivity index (χ4v) is 3.88. The van der Waals surface area contributed by atoms with Gasteiger partial charge in [-0.2, -0.15) is 0 Å². The second-order valence-electron chi connectivity index (χ2n) is 6.27. The van der Waals surface area contributed by atoms with Crippen molar-refractivity contribution in [3.05, 3.63) is 0 Å². The maximum atomic E-state index is 5.88. The third-order valence-electron chi connectivity index (χ3n) is 5.09. The van der Waals surface area contributed by atoms with E-state index in [4.69, 9.17) is 5.73 Å². The predicted molar refractivity (Wildman–Crippen MR) is 74.0 cm³/mol. The number of rotatable bonds is 4. The van der Waals surface area contributed by atoms with Gasteiger partial charge in [0.15, 0.2) is 0 Å². The van der Waals surface area contributed by atoms with Crippen molar-refractivity contribution in [3.8, 4) is 0 Å². The van der Waals surface area contributed by atoms with Crippen LogP contribution in [0.25, 0.3) is 0 Å². The monoisotopic (exact) mass is 238 g/mol. The maximum Gasteiger partial charge on any atom is 0.00923 e. The average Bonchev–Trinajstić information content (AvgIpc) is 2.62. The highest BCUT2D eigenvalue weighted by molar-refractivity contribution is 4.82. The Labute approximate surface area is 107 Å². The summed E-state index contributed by atoms with van der Waals surface area (Å²) in [6.45, 7) is 2.20. The summed E-state index contributed by atoms with van der Waals surface area (Å²) in [6.07, 6.45) is 12.9. The van der Waals surface area contributed by atoms with Crippen molar-refractivity contribution in [2.75, 3.05) is 20.1 Å². The summed E-state index contributed by atoms with van der Waals surface area (Å²) in [6, 6.07) is 0.858. The number of hydrogen-bond donors (Lipinski definition) is 1. The molecule has 2 rings (SSSR count). The Kier molecular flexibility index (Phi) is 5.30. The first-order chi connectivity index (χ1) is 8.31. The Hall–Kier alpha value is -0.0800. The first kappa shape index (κ1) is 13.4. The Morgan fingerprint density at radius 2 is 1.53 bits per heavy atom. The molecule has 0 aromatic heterocycles. The van der Waals surface area contributed by atoms with E-state index in [0.717, 1.165) is 24.4 Å². The van der Waals surface area contributed by atoms with Gasteiger partial charge in [-0.3, -0.25) is 0 Å². The van der Waals surface area contributed by atoms with Gasteiger partial charge in [0.1, 0.15) is 0 Å². The second-order valence-corrected chi connectivity index (χ2v) is 6.27. The largest absolute Gasteiger partial charge is 0.330 e. The highest BCUT2D eigenvalue weighted by Crippen LogP contribution is 2.32. The lowest BCUT2D eigenvalue weighted by molar-refractivity contribution is 0.172. The Morgan fingerprint density at radius 3 is 2.18 bits per heavy atom. The molecule has 0 aliphatic heterocycles. The number of nitrogens with two attached hydrogens (primary N) is 1. The first-order valence-corrected chi connectivity index (χ1v) is 7.71. The highest BCUT2D eigenvalue weighted by Gasteiger charge is 2.28. The van der Waals surface area contributed by atoms with E-state index >= 15 is 0 Å². The smallest absolute Gasteiger partial charge is 0.00923 e. The fourth-order valence-electron chi connectivity index (χ4n) is 3.88. The van der Waals surface area contributed by atoms with Crippen LogP contribution in [0.5, 0.6) is 0 Å². The van der Waals surface area contributed by atoms with E-state index in [9.17, 15) is 0 Å². The maximum absolute atomic E-state index is 5.88. The van der Waals surface area contributed by atoms with Gasteiger partial charge in [-0.05, 0) is 51.1 Å². The third-order valence-corrected chi connectivity index (χ3v) is 5.09. The van der Waals surface area contributed by atoms with E-state index in [0.29, 0.717) is 0 Å². The van der Waals surface area contributed by atoms with Crippen LogP contribution < -0.4 is 5.73 Å². The van der Waals surface area contributed by atoms with E-state index < -0.39 is 0 Å². The van der Waals surface area contributed by atoms with Crippen LogP contribution in [0, 0.1) is 11.8 Å². The molecule has 17 heavy (non-hydrogen) atoms. The predicted octanol–water partition coefficient (Wildman–Crippen LogP) is 3.02. The zero-order chi connectivity index (χ0) is 12.1. The lowest BCUT2D eigenvalue weighted by atomic mass is 9.94. The number of nitrogens with zero attached hydrogens (tertiary/aromatic N) is 1. The van der Waals surface area contributed by atoms with Crippen molar-refractivity contribution < 1.29 is 0 Å². The molecular formula is C15H30N2. The van der Waals surface area contributed by atoms with Gasteiger partial charge in [0.2, 0.25) is 0 Å². The van der Waals surface area contributed by atoms with Gasteiger partial charge in [0.25, 0.3) is 0 Å². The minimum atomic E-state index is 0.809. The van der Waals surface area contributed by atoms with Gasteiger partial charge < -0.3 is 10.6 Å². The summed E-state index contributed by atoms with van der Waals surface area (Å²) in [7, 11) is 2.35. The van der Waals surface area contributed by atoms with Gasteiger partial charge in [0.05, 0.1) is 0 Å². The van der Waals surface area contributed by atoms with E-state index in [1.807, 2.05) is 0 Å². The minimum absolute atomic E-state index is 0.809. The molecule has 2 unspecified atom stereocenters. The van der Waals surface area contributed by atoms with Crippen molar-refractivity contribution in [1.82, 2.24) is 4.90 Å². The van der Waals surface area contributed by atoms with Crippen LogP contribution in [0.1, 0.15) is 57.8 Å². The van der Waals surface area contributed by atoms with Crippen LogP contribution in [0.15, 0.2) is 0 Å². The van der Waals surface area contributed by atoms with E-state index in [-0.39, 0.29) is 0 Å². The molecule has 0 saturated heterocycles.